The average Bonchev–Trinajstić information content (AvgIpc) is 2.82. The summed E-state index contributed by atoms with van der Waals surface area (Å²) in [5.41, 5.74) is 1.66. The topological polar surface area (TPSA) is 82.8 Å². The predicted molar refractivity (Wildman–Crippen MR) is 94.8 cm³/mol. The van der Waals surface area contributed by atoms with Crippen LogP contribution in [0.1, 0.15) is 42.2 Å². The van der Waals surface area contributed by atoms with Crippen LogP contribution in [0.25, 0.3) is 10.9 Å². The summed E-state index contributed by atoms with van der Waals surface area (Å²) in [4.78, 5) is 25.4. The quantitative estimate of drug-likeness (QED) is 0.891. The highest BCUT2D eigenvalue weighted by atomic mass is 16.4. The maximum absolute atomic E-state index is 12.1. The monoisotopic (exact) mass is 344 g/mol. The molecule has 3 rings (SSSR count). The first-order valence-electron chi connectivity index (χ1n) is 8.57. The predicted octanol–water partition coefficient (Wildman–Crippen LogP) is 2.98. The fraction of sp³-hybridized carbons (Fsp3) is 0.474. The van der Waals surface area contributed by atoms with Crippen LogP contribution in [0.5, 0.6) is 0 Å². The van der Waals surface area contributed by atoms with Gasteiger partial charge in [-0.2, -0.15) is 0 Å². The second-order valence-corrected chi connectivity index (χ2v) is 7.37. The number of aliphatic carboxylic acids is 1. The van der Waals surface area contributed by atoms with E-state index in [2.05, 4.69) is 13.8 Å². The molecule has 134 valence electrons. The molecule has 6 nitrogen and oxygen atoms in total. The molecule has 1 aliphatic heterocycles. The van der Waals surface area contributed by atoms with Crippen molar-refractivity contribution in [3.8, 4) is 0 Å². The fourth-order valence-corrected chi connectivity index (χ4v) is 4.17. The molecular formula is C19H24N2O4. The van der Waals surface area contributed by atoms with Gasteiger partial charge in [0.25, 0.3) is 0 Å². The third-order valence-corrected chi connectivity index (χ3v) is 5.06. The van der Waals surface area contributed by atoms with Crippen LogP contribution >= 0.6 is 0 Å². The molecule has 6 heteroatoms. The van der Waals surface area contributed by atoms with Crippen LogP contribution in [-0.4, -0.2) is 44.7 Å². The summed E-state index contributed by atoms with van der Waals surface area (Å²) in [5, 5.41) is 19.9. The number of aromatic nitrogens is 1. The van der Waals surface area contributed by atoms with Crippen LogP contribution < -0.4 is 0 Å². The molecule has 1 saturated heterocycles. The Labute approximate surface area is 146 Å². The molecule has 0 amide bonds. The molecule has 2 N–H and O–H groups in total. The molecule has 1 aliphatic rings. The lowest BCUT2D eigenvalue weighted by atomic mass is 9.89. The minimum absolute atomic E-state index is 0.201. The first-order chi connectivity index (χ1) is 11.8. The number of carboxylic acid groups (broad SMARTS) is 2. The second kappa shape index (κ2) is 6.52. The van der Waals surface area contributed by atoms with Crippen LogP contribution in [0.15, 0.2) is 24.4 Å². The first kappa shape index (κ1) is 17.5. The zero-order valence-electron chi connectivity index (χ0n) is 14.8. The van der Waals surface area contributed by atoms with Crippen molar-refractivity contribution in [1.29, 1.82) is 0 Å². The zero-order chi connectivity index (χ0) is 18.3. The molecule has 0 unspecified atom stereocenters. The number of hydrogen-bond donors (Lipinski definition) is 2. The minimum atomic E-state index is -0.988. The number of nitrogens with zero attached hydrogens (tertiary/aromatic N) is 2. The molecule has 2 heterocycles. The van der Waals surface area contributed by atoms with E-state index in [-0.39, 0.29) is 5.56 Å². The third kappa shape index (κ3) is 3.26. The maximum Gasteiger partial charge on any atom is 0.335 e. The Kier molecular flexibility index (Phi) is 4.56. The van der Waals surface area contributed by atoms with E-state index in [4.69, 9.17) is 0 Å². The Morgan fingerprint density at radius 3 is 2.36 bits per heavy atom. The van der Waals surface area contributed by atoms with E-state index in [0.717, 1.165) is 36.0 Å². The Balaban J connectivity index is 2.08. The smallest absolute Gasteiger partial charge is 0.335 e. The van der Waals surface area contributed by atoms with Crippen molar-refractivity contribution in [1.82, 2.24) is 9.47 Å². The third-order valence-electron chi connectivity index (χ3n) is 5.06. The zero-order valence-corrected chi connectivity index (χ0v) is 14.8. The van der Waals surface area contributed by atoms with Crippen molar-refractivity contribution in [2.45, 2.75) is 26.3 Å². The van der Waals surface area contributed by atoms with Gasteiger partial charge >= 0.3 is 11.9 Å². The standard InChI is InChI=1S/C19H24N2O4/c1-11-6-12(2)9-21(8-11)17(19(24)25)15-10-20(3)16-7-13(18(22)23)4-5-14(15)16/h4-5,7,10-12,17H,6,8-9H2,1-3H3,(H,22,23)(H,24,25)/t11-,12+,17-/m1/s1. The van der Waals surface area contributed by atoms with E-state index >= 15 is 0 Å². The van der Waals surface area contributed by atoms with Crippen molar-refractivity contribution in [3.63, 3.8) is 0 Å². The van der Waals surface area contributed by atoms with Crippen LogP contribution in [-0.2, 0) is 11.8 Å². The van der Waals surface area contributed by atoms with Crippen LogP contribution in [0.3, 0.4) is 0 Å². The number of benzene rings is 1. The van der Waals surface area contributed by atoms with E-state index < -0.39 is 18.0 Å². The molecule has 0 aliphatic carbocycles. The maximum atomic E-state index is 12.1. The van der Waals surface area contributed by atoms with Crippen molar-refractivity contribution >= 4 is 22.8 Å². The fourth-order valence-electron chi connectivity index (χ4n) is 4.17. The van der Waals surface area contributed by atoms with Gasteiger partial charge in [-0.15, -0.1) is 0 Å². The summed E-state index contributed by atoms with van der Waals surface area (Å²) in [6.45, 7) is 5.82. The average molecular weight is 344 g/mol. The molecule has 3 atom stereocenters. The largest absolute Gasteiger partial charge is 0.480 e. The Morgan fingerprint density at radius 2 is 1.80 bits per heavy atom. The summed E-state index contributed by atoms with van der Waals surface area (Å²) in [7, 11) is 1.82. The molecule has 2 aromatic rings. The van der Waals surface area contributed by atoms with Gasteiger partial charge in [-0.25, -0.2) is 4.79 Å². The molecule has 0 bridgehead atoms. The highest BCUT2D eigenvalue weighted by molar-refractivity contribution is 5.96. The van der Waals surface area contributed by atoms with E-state index in [9.17, 15) is 19.8 Å². The highest BCUT2D eigenvalue weighted by Crippen LogP contribution is 2.34. The van der Waals surface area contributed by atoms with E-state index in [0.29, 0.717) is 11.8 Å². The Morgan fingerprint density at radius 1 is 1.16 bits per heavy atom. The van der Waals surface area contributed by atoms with Gasteiger partial charge in [-0.1, -0.05) is 19.9 Å². The molecule has 0 radical (unpaired) electrons. The number of hydrogen-bond acceptors (Lipinski definition) is 3. The summed E-state index contributed by atoms with van der Waals surface area (Å²) < 4.78 is 1.81. The second-order valence-electron chi connectivity index (χ2n) is 7.37. The lowest BCUT2D eigenvalue weighted by Crippen LogP contribution is -2.43. The van der Waals surface area contributed by atoms with Crippen molar-refractivity contribution in [3.05, 3.63) is 35.5 Å². The minimum Gasteiger partial charge on any atom is -0.480 e. The highest BCUT2D eigenvalue weighted by Gasteiger charge is 2.34. The number of fused-ring (bicyclic) bond motifs is 1. The summed E-state index contributed by atoms with van der Waals surface area (Å²) >= 11 is 0. The van der Waals surface area contributed by atoms with Gasteiger partial charge in [0.2, 0.25) is 0 Å². The van der Waals surface area contributed by atoms with E-state index in [1.807, 2.05) is 22.7 Å². The van der Waals surface area contributed by atoms with Crippen molar-refractivity contribution in [2.24, 2.45) is 18.9 Å². The van der Waals surface area contributed by atoms with E-state index in [1.54, 1.807) is 12.1 Å². The van der Waals surface area contributed by atoms with Gasteiger partial charge < -0.3 is 14.8 Å². The molecule has 0 saturated carbocycles. The lowest BCUT2D eigenvalue weighted by molar-refractivity contribution is -0.144. The van der Waals surface area contributed by atoms with Crippen LogP contribution in [0.4, 0.5) is 0 Å². The number of aromatic carboxylic acids is 1. The number of rotatable bonds is 4. The van der Waals surface area contributed by atoms with Crippen molar-refractivity contribution < 1.29 is 19.8 Å². The van der Waals surface area contributed by atoms with Gasteiger partial charge in [0.1, 0.15) is 6.04 Å². The van der Waals surface area contributed by atoms with Gasteiger partial charge in [0.05, 0.1) is 5.56 Å². The summed E-state index contributed by atoms with van der Waals surface area (Å²) in [6.07, 6.45) is 2.93. The molecule has 1 fully saturated rings. The Hall–Kier alpha value is -2.34. The first-order valence-corrected chi connectivity index (χ1v) is 8.57. The number of piperidine rings is 1. The number of likely N-dealkylation sites (tertiary alicyclic amines) is 1. The van der Waals surface area contributed by atoms with Crippen LogP contribution in [0.2, 0.25) is 0 Å². The van der Waals surface area contributed by atoms with Gasteiger partial charge in [0.15, 0.2) is 0 Å². The molecular weight excluding hydrogens is 320 g/mol. The number of carbonyl (C=O) groups is 2. The molecule has 1 aromatic heterocycles. The van der Waals surface area contributed by atoms with Gasteiger partial charge in [0, 0.05) is 42.8 Å². The molecule has 1 aromatic carbocycles. The lowest BCUT2D eigenvalue weighted by Gasteiger charge is -2.38. The molecule has 25 heavy (non-hydrogen) atoms. The Bertz CT molecular complexity index is 816. The normalized spacial score (nSPS) is 22.8. The molecule has 0 spiro atoms. The number of carboxylic acids is 2. The van der Waals surface area contributed by atoms with Crippen LogP contribution in [0, 0.1) is 11.8 Å². The summed E-state index contributed by atoms with van der Waals surface area (Å²) in [6, 6.07) is 4.14. The summed E-state index contributed by atoms with van der Waals surface area (Å²) in [5.74, 6) is -0.937. The van der Waals surface area contributed by atoms with E-state index in [1.165, 1.54) is 6.07 Å². The van der Waals surface area contributed by atoms with Gasteiger partial charge in [-0.05, 0) is 30.4 Å². The van der Waals surface area contributed by atoms with Gasteiger partial charge in [-0.3, -0.25) is 9.69 Å². The number of aryl methyl sites for hydroxylation is 1. The SMILES string of the molecule is C[C@@H]1C[C@H](C)CN([C@@H](C(=O)O)c2cn(C)c3cc(C(=O)O)ccc23)C1. The van der Waals surface area contributed by atoms with Crippen molar-refractivity contribution in [2.75, 3.05) is 13.1 Å².